The average Bonchev–Trinajstić information content (AvgIpc) is 3.18. The summed E-state index contributed by atoms with van der Waals surface area (Å²) in [5, 5.41) is 2.86. The van der Waals surface area contributed by atoms with Crippen LogP contribution < -0.4 is 11.1 Å². The molecule has 1 saturated carbocycles. The highest BCUT2D eigenvalue weighted by Gasteiger charge is 2.33. The van der Waals surface area contributed by atoms with E-state index in [0.29, 0.717) is 0 Å². The van der Waals surface area contributed by atoms with Crippen LogP contribution in [0.5, 0.6) is 0 Å². The molecule has 0 spiro atoms. The molecule has 2 aliphatic rings. The number of nitrogens with two attached hydrogens (primary N) is 1. The lowest BCUT2D eigenvalue weighted by atomic mass is 9.81. The Kier molecular flexibility index (Phi) is 5.86. The summed E-state index contributed by atoms with van der Waals surface area (Å²) >= 11 is 0. The third-order valence-electron chi connectivity index (χ3n) is 5.50. The number of amides is 2. The molecular weight excluding hydrogens is 340 g/mol. The molecule has 1 saturated heterocycles. The van der Waals surface area contributed by atoms with E-state index in [1.165, 1.54) is 6.07 Å². The Labute approximate surface area is 151 Å². The molecule has 3 N–H and O–H groups in total. The fraction of sp³-hybridized carbons (Fsp3) is 0.579. The van der Waals surface area contributed by atoms with Crippen LogP contribution in [0.25, 0.3) is 0 Å². The van der Waals surface area contributed by atoms with Crippen molar-refractivity contribution in [1.29, 1.82) is 0 Å². The van der Waals surface area contributed by atoms with Crippen molar-refractivity contribution < 1.29 is 18.4 Å². The molecule has 1 aromatic rings. The summed E-state index contributed by atoms with van der Waals surface area (Å²) in [5.74, 6) is -2.26. The van der Waals surface area contributed by atoms with Gasteiger partial charge in [-0.2, -0.15) is 0 Å². The van der Waals surface area contributed by atoms with Crippen LogP contribution in [0.1, 0.15) is 48.9 Å². The number of hydrogen-bond donors (Lipinski definition) is 2. The highest BCUT2D eigenvalue weighted by atomic mass is 19.2. The van der Waals surface area contributed by atoms with Crippen molar-refractivity contribution in [3.8, 4) is 0 Å². The molecule has 1 aliphatic heterocycles. The van der Waals surface area contributed by atoms with Crippen molar-refractivity contribution in [2.75, 3.05) is 13.1 Å². The van der Waals surface area contributed by atoms with Gasteiger partial charge in [0.1, 0.15) is 0 Å². The second-order valence-corrected chi connectivity index (χ2v) is 7.27. The minimum absolute atomic E-state index is 0.0387. The van der Waals surface area contributed by atoms with Gasteiger partial charge in [0, 0.05) is 24.7 Å². The minimum Gasteiger partial charge on any atom is -0.349 e. The lowest BCUT2D eigenvalue weighted by molar-refractivity contribution is -0.133. The Morgan fingerprint density at radius 3 is 2.35 bits per heavy atom. The molecule has 2 fully saturated rings. The summed E-state index contributed by atoms with van der Waals surface area (Å²) in [6, 6.07) is 2.60. The van der Waals surface area contributed by atoms with Crippen LogP contribution in [0.15, 0.2) is 18.2 Å². The van der Waals surface area contributed by atoms with Crippen LogP contribution in [0.2, 0.25) is 0 Å². The van der Waals surface area contributed by atoms with Crippen molar-refractivity contribution >= 4 is 11.8 Å². The molecule has 5 nitrogen and oxygen atoms in total. The summed E-state index contributed by atoms with van der Waals surface area (Å²) in [6.07, 6.45) is 5.07. The molecule has 142 valence electrons. The molecule has 1 heterocycles. The maximum absolute atomic E-state index is 13.3. The molecule has 0 bridgehead atoms. The number of nitrogens with one attached hydrogen (secondary N) is 1. The number of carbonyl (C=O) groups is 2. The fourth-order valence-electron chi connectivity index (χ4n) is 3.88. The monoisotopic (exact) mass is 365 g/mol. The molecule has 0 aromatic heterocycles. The second kappa shape index (κ2) is 8.12. The molecule has 26 heavy (non-hydrogen) atoms. The third kappa shape index (κ3) is 4.20. The zero-order chi connectivity index (χ0) is 18.7. The number of benzene rings is 1. The van der Waals surface area contributed by atoms with E-state index in [0.717, 1.165) is 63.7 Å². The first-order valence-electron chi connectivity index (χ1n) is 9.26. The highest BCUT2D eigenvalue weighted by Crippen LogP contribution is 2.28. The maximum atomic E-state index is 13.3. The largest absolute Gasteiger partial charge is 0.349 e. The molecule has 0 unspecified atom stereocenters. The Bertz CT molecular complexity index is 669. The number of hydrogen-bond acceptors (Lipinski definition) is 3. The van der Waals surface area contributed by atoms with E-state index in [-0.39, 0.29) is 23.4 Å². The van der Waals surface area contributed by atoms with Gasteiger partial charge in [-0.25, -0.2) is 8.78 Å². The van der Waals surface area contributed by atoms with Crippen LogP contribution in [0.3, 0.4) is 0 Å². The van der Waals surface area contributed by atoms with E-state index in [2.05, 4.69) is 5.32 Å². The van der Waals surface area contributed by atoms with Crippen LogP contribution in [0, 0.1) is 17.6 Å². The smallest absolute Gasteiger partial charge is 0.251 e. The second-order valence-electron chi connectivity index (χ2n) is 7.27. The van der Waals surface area contributed by atoms with E-state index in [1.54, 1.807) is 0 Å². The summed E-state index contributed by atoms with van der Waals surface area (Å²) in [6.45, 7) is 1.60. The van der Waals surface area contributed by atoms with Crippen molar-refractivity contribution in [2.45, 2.75) is 50.6 Å². The molecule has 7 heteroatoms. The van der Waals surface area contributed by atoms with Gasteiger partial charge in [-0.3, -0.25) is 9.59 Å². The van der Waals surface area contributed by atoms with Crippen LogP contribution in [0.4, 0.5) is 8.78 Å². The molecule has 0 radical (unpaired) electrons. The number of rotatable bonds is 4. The minimum atomic E-state index is -1.03. The number of likely N-dealkylation sites (tertiary alicyclic amines) is 1. The van der Waals surface area contributed by atoms with Crippen molar-refractivity contribution in [2.24, 2.45) is 11.7 Å². The Balaban J connectivity index is 1.49. The molecule has 2 amide bonds. The Hall–Kier alpha value is -2.02. The Morgan fingerprint density at radius 2 is 1.73 bits per heavy atom. The standard InChI is InChI=1S/C19H25F2N3O2/c20-15-8-5-13(11-16(15)21)18(25)23-14-6-3-12(4-7-14)17(22)19(26)24-9-1-2-10-24/h5,8,11-12,14,17H,1-4,6-7,9-10,22H2,(H,23,25)/t12?,14?,17-/m0/s1. The average molecular weight is 365 g/mol. The summed E-state index contributed by atoms with van der Waals surface area (Å²) in [7, 11) is 0. The van der Waals surface area contributed by atoms with Crippen molar-refractivity contribution in [3.05, 3.63) is 35.4 Å². The van der Waals surface area contributed by atoms with E-state index in [9.17, 15) is 18.4 Å². The van der Waals surface area contributed by atoms with Gasteiger partial charge in [0.05, 0.1) is 6.04 Å². The predicted octanol–water partition coefficient (Wildman–Crippen LogP) is 2.20. The maximum Gasteiger partial charge on any atom is 0.251 e. The quantitative estimate of drug-likeness (QED) is 0.859. The van der Waals surface area contributed by atoms with Gasteiger partial charge in [0.15, 0.2) is 11.6 Å². The lowest BCUT2D eigenvalue weighted by Crippen LogP contribution is -2.49. The van der Waals surface area contributed by atoms with Crippen molar-refractivity contribution in [3.63, 3.8) is 0 Å². The van der Waals surface area contributed by atoms with E-state index in [1.807, 2.05) is 4.90 Å². The normalized spacial score (nSPS) is 24.3. The van der Waals surface area contributed by atoms with Gasteiger partial charge in [0.2, 0.25) is 5.91 Å². The first kappa shape index (κ1) is 18.8. The highest BCUT2D eigenvalue weighted by molar-refractivity contribution is 5.94. The first-order valence-corrected chi connectivity index (χ1v) is 9.26. The van der Waals surface area contributed by atoms with Gasteiger partial charge < -0.3 is 16.0 Å². The SMILES string of the molecule is N[C@H](C(=O)N1CCCC1)C1CCC(NC(=O)c2ccc(F)c(F)c2)CC1. The number of halogens is 2. The molecule has 3 rings (SSSR count). The number of carbonyl (C=O) groups excluding carboxylic acids is 2. The topological polar surface area (TPSA) is 75.4 Å². The van der Waals surface area contributed by atoms with Crippen LogP contribution >= 0.6 is 0 Å². The molecular formula is C19H25F2N3O2. The first-order chi connectivity index (χ1) is 12.5. The summed E-state index contributed by atoms with van der Waals surface area (Å²) < 4.78 is 26.2. The van der Waals surface area contributed by atoms with Crippen LogP contribution in [-0.4, -0.2) is 41.9 Å². The lowest BCUT2D eigenvalue weighted by Gasteiger charge is -2.33. The van der Waals surface area contributed by atoms with E-state index in [4.69, 9.17) is 5.73 Å². The van der Waals surface area contributed by atoms with Gasteiger partial charge in [-0.05, 0) is 62.6 Å². The van der Waals surface area contributed by atoms with Gasteiger partial charge in [-0.15, -0.1) is 0 Å². The summed E-state index contributed by atoms with van der Waals surface area (Å²) in [4.78, 5) is 26.5. The fourth-order valence-corrected chi connectivity index (χ4v) is 3.88. The third-order valence-corrected chi connectivity index (χ3v) is 5.50. The molecule has 1 atom stereocenters. The number of nitrogens with zero attached hydrogens (tertiary/aromatic N) is 1. The zero-order valence-electron chi connectivity index (χ0n) is 14.7. The summed E-state index contributed by atoms with van der Waals surface area (Å²) in [5.41, 5.74) is 6.29. The van der Waals surface area contributed by atoms with E-state index >= 15 is 0 Å². The predicted molar refractivity (Wildman–Crippen MR) is 93.4 cm³/mol. The van der Waals surface area contributed by atoms with Crippen LogP contribution in [-0.2, 0) is 4.79 Å². The van der Waals surface area contributed by atoms with Crippen molar-refractivity contribution in [1.82, 2.24) is 10.2 Å². The van der Waals surface area contributed by atoms with E-state index < -0.39 is 23.6 Å². The Morgan fingerprint density at radius 1 is 1.08 bits per heavy atom. The van der Waals surface area contributed by atoms with Gasteiger partial charge >= 0.3 is 0 Å². The molecule has 1 aliphatic carbocycles. The van der Waals surface area contributed by atoms with Gasteiger partial charge in [-0.1, -0.05) is 0 Å². The molecule has 1 aromatic carbocycles. The zero-order valence-corrected chi connectivity index (χ0v) is 14.7. The van der Waals surface area contributed by atoms with Gasteiger partial charge in [0.25, 0.3) is 5.91 Å².